The van der Waals surface area contributed by atoms with Crippen molar-refractivity contribution in [1.82, 2.24) is 5.32 Å². The number of ether oxygens (including phenoxy) is 2. The van der Waals surface area contributed by atoms with E-state index in [1.807, 2.05) is 31.2 Å². The van der Waals surface area contributed by atoms with E-state index in [9.17, 15) is 9.59 Å². The number of ketones is 1. The van der Waals surface area contributed by atoms with E-state index in [0.717, 1.165) is 11.3 Å². The predicted octanol–water partition coefficient (Wildman–Crippen LogP) is 2.77. The first-order valence-electron chi connectivity index (χ1n) is 7.74. The highest BCUT2D eigenvalue weighted by Gasteiger charge is 2.05. The second kappa shape index (κ2) is 8.72. The fraction of sp³-hybridized carbons (Fsp3) is 0.263. The zero-order valence-corrected chi connectivity index (χ0v) is 13.9. The molecule has 1 amide bonds. The van der Waals surface area contributed by atoms with E-state index in [2.05, 4.69) is 5.32 Å². The Bertz CT molecular complexity index is 712. The van der Waals surface area contributed by atoms with Crippen LogP contribution in [0.3, 0.4) is 0 Å². The van der Waals surface area contributed by atoms with Crippen LogP contribution in [-0.2, 0) is 4.79 Å². The molecule has 1 N–H and O–H groups in total. The van der Waals surface area contributed by atoms with E-state index in [-0.39, 0.29) is 18.3 Å². The molecule has 0 aliphatic heterocycles. The van der Waals surface area contributed by atoms with E-state index in [1.54, 1.807) is 24.3 Å². The largest absolute Gasteiger partial charge is 0.492 e. The average Bonchev–Trinajstić information content (AvgIpc) is 2.57. The molecular formula is C19H21NO4. The summed E-state index contributed by atoms with van der Waals surface area (Å²) in [6, 6.07) is 14.5. The van der Waals surface area contributed by atoms with E-state index in [0.29, 0.717) is 24.5 Å². The van der Waals surface area contributed by atoms with Gasteiger partial charge in [-0.05, 0) is 43.7 Å². The molecule has 0 saturated carbocycles. The molecule has 0 aliphatic rings. The number of nitrogens with one attached hydrogen (secondary N) is 1. The Kier molecular flexibility index (Phi) is 6.37. The number of carbonyl (C=O) groups is 2. The summed E-state index contributed by atoms with van der Waals surface area (Å²) in [7, 11) is 0. The van der Waals surface area contributed by atoms with Crippen molar-refractivity contribution in [3.8, 4) is 11.5 Å². The van der Waals surface area contributed by atoms with E-state index >= 15 is 0 Å². The maximum Gasteiger partial charge on any atom is 0.258 e. The van der Waals surface area contributed by atoms with Gasteiger partial charge in [-0.25, -0.2) is 0 Å². The van der Waals surface area contributed by atoms with Gasteiger partial charge in [0.1, 0.15) is 18.1 Å². The molecule has 24 heavy (non-hydrogen) atoms. The van der Waals surface area contributed by atoms with Crippen LogP contribution in [0, 0.1) is 6.92 Å². The molecule has 5 nitrogen and oxygen atoms in total. The third-order valence-corrected chi connectivity index (χ3v) is 3.29. The van der Waals surface area contributed by atoms with Gasteiger partial charge in [-0.3, -0.25) is 9.59 Å². The summed E-state index contributed by atoms with van der Waals surface area (Å²) in [5.74, 6) is 0.990. The van der Waals surface area contributed by atoms with Crippen molar-refractivity contribution in [2.24, 2.45) is 0 Å². The van der Waals surface area contributed by atoms with Gasteiger partial charge < -0.3 is 14.8 Å². The third-order valence-electron chi connectivity index (χ3n) is 3.29. The summed E-state index contributed by atoms with van der Waals surface area (Å²) >= 11 is 0. The number of carbonyl (C=O) groups excluding carboxylic acids is 2. The Morgan fingerprint density at radius 2 is 1.71 bits per heavy atom. The van der Waals surface area contributed by atoms with Gasteiger partial charge in [0.2, 0.25) is 0 Å². The smallest absolute Gasteiger partial charge is 0.258 e. The Balaban J connectivity index is 1.68. The molecule has 0 unspecified atom stereocenters. The van der Waals surface area contributed by atoms with Crippen LogP contribution in [0.15, 0.2) is 48.5 Å². The van der Waals surface area contributed by atoms with Crippen molar-refractivity contribution >= 4 is 11.7 Å². The maximum atomic E-state index is 11.7. The number of rotatable bonds is 8. The SMILES string of the molecule is CC(=O)c1cccc(OCC(=O)NCCOc2cccc(C)c2)c1. The molecule has 0 aromatic heterocycles. The summed E-state index contributed by atoms with van der Waals surface area (Å²) in [5, 5.41) is 2.72. The van der Waals surface area contributed by atoms with Crippen molar-refractivity contribution in [3.05, 3.63) is 59.7 Å². The quantitative estimate of drug-likeness (QED) is 0.598. The monoisotopic (exact) mass is 327 g/mol. The van der Waals surface area contributed by atoms with Crippen LogP contribution in [0.25, 0.3) is 0 Å². The first-order chi connectivity index (χ1) is 11.5. The molecule has 2 rings (SSSR count). The first-order valence-corrected chi connectivity index (χ1v) is 7.74. The highest BCUT2D eigenvalue weighted by molar-refractivity contribution is 5.94. The van der Waals surface area contributed by atoms with Crippen LogP contribution in [0.4, 0.5) is 0 Å². The lowest BCUT2D eigenvalue weighted by Crippen LogP contribution is -2.32. The van der Waals surface area contributed by atoms with Crippen LogP contribution in [0.1, 0.15) is 22.8 Å². The molecule has 0 bridgehead atoms. The van der Waals surface area contributed by atoms with Gasteiger partial charge >= 0.3 is 0 Å². The molecule has 0 heterocycles. The summed E-state index contributed by atoms with van der Waals surface area (Å²) in [5.41, 5.74) is 1.68. The number of hydrogen-bond donors (Lipinski definition) is 1. The Morgan fingerprint density at radius 1 is 1.00 bits per heavy atom. The zero-order valence-electron chi connectivity index (χ0n) is 13.9. The first kappa shape index (κ1) is 17.5. The van der Waals surface area contributed by atoms with Crippen molar-refractivity contribution in [2.75, 3.05) is 19.8 Å². The molecular weight excluding hydrogens is 306 g/mol. The van der Waals surface area contributed by atoms with Crippen molar-refractivity contribution in [2.45, 2.75) is 13.8 Å². The van der Waals surface area contributed by atoms with Gasteiger partial charge in [-0.15, -0.1) is 0 Å². The third kappa shape index (κ3) is 5.76. The summed E-state index contributed by atoms with van der Waals surface area (Å²) in [4.78, 5) is 23.0. The van der Waals surface area contributed by atoms with Gasteiger partial charge in [-0.1, -0.05) is 24.3 Å². The minimum atomic E-state index is -0.240. The van der Waals surface area contributed by atoms with Gasteiger partial charge in [0.05, 0.1) is 6.54 Å². The zero-order chi connectivity index (χ0) is 17.4. The van der Waals surface area contributed by atoms with E-state index in [1.165, 1.54) is 6.92 Å². The average molecular weight is 327 g/mol. The minimum absolute atomic E-state index is 0.0433. The van der Waals surface area contributed by atoms with Crippen LogP contribution in [-0.4, -0.2) is 31.4 Å². The van der Waals surface area contributed by atoms with E-state index in [4.69, 9.17) is 9.47 Å². The van der Waals surface area contributed by atoms with Crippen LogP contribution < -0.4 is 14.8 Å². The molecule has 2 aromatic carbocycles. The lowest BCUT2D eigenvalue weighted by atomic mass is 10.1. The second-order valence-electron chi connectivity index (χ2n) is 5.39. The van der Waals surface area contributed by atoms with Crippen molar-refractivity contribution in [1.29, 1.82) is 0 Å². The Labute approximate surface area is 141 Å². The number of hydrogen-bond acceptors (Lipinski definition) is 4. The minimum Gasteiger partial charge on any atom is -0.492 e. The number of amides is 1. The van der Waals surface area contributed by atoms with E-state index < -0.39 is 0 Å². The normalized spacial score (nSPS) is 10.1. The van der Waals surface area contributed by atoms with Gasteiger partial charge in [-0.2, -0.15) is 0 Å². The fourth-order valence-corrected chi connectivity index (χ4v) is 2.07. The van der Waals surface area contributed by atoms with Gasteiger partial charge in [0, 0.05) is 5.56 Å². The topological polar surface area (TPSA) is 64.6 Å². The molecule has 5 heteroatoms. The second-order valence-corrected chi connectivity index (χ2v) is 5.39. The van der Waals surface area contributed by atoms with Crippen molar-refractivity contribution < 1.29 is 19.1 Å². The van der Waals surface area contributed by atoms with Gasteiger partial charge in [0.25, 0.3) is 5.91 Å². The molecule has 2 aromatic rings. The highest BCUT2D eigenvalue weighted by Crippen LogP contribution is 2.13. The summed E-state index contributed by atoms with van der Waals surface area (Å²) in [6.45, 7) is 4.15. The summed E-state index contributed by atoms with van der Waals surface area (Å²) < 4.78 is 10.9. The van der Waals surface area contributed by atoms with Crippen LogP contribution in [0.5, 0.6) is 11.5 Å². The molecule has 126 valence electrons. The van der Waals surface area contributed by atoms with Crippen LogP contribution >= 0.6 is 0 Å². The summed E-state index contributed by atoms with van der Waals surface area (Å²) in [6.07, 6.45) is 0. The Hall–Kier alpha value is -2.82. The molecule has 0 atom stereocenters. The highest BCUT2D eigenvalue weighted by atomic mass is 16.5. The van der Waals surface area contributed by atoms with Gasteiger partial charge in [0.15, 0.2) is 12.4 Å². The number of Topliss-reactive ketones (excluding diaryl/α,β-unsaturated/α-hetero) is 1. The van der Waals surface area contributed by atoms with Crippen LogP contribution in [0.2, 0.25) is 0 Å². The molecule has 0 aliphatic carbocycles. The fourth-order valence-electron chi connectivity index (χ4n) is 2.07. The Morgan fingerprint density at radius 3 is 2.42 bits per heavy atom. The van der Waals surface area contributed by atoms with Crippen molar-refractivity contribution in [3.63, 3.8) is 0 Å². The molecule has 0 fully saturated rings. The molecule has 0 radical (unpaired) electrons. The lowest BCUT2D eigenvalue weighted by molar-refractivity contribution is -0.123. The number of aryl methyl sites for hydroxylation is 1. The molecule has 0 spiro atoms. The lowest BCUT2D eigenvalue weighted by Gasteiger charge is -2.09. The standard InChI is InChI=1S/C19H21NO4/c1-14-5-3-7-17(11-14)23-10-9-20-19(22)13-24-18-8-4-6-16(12-18)15(2)21/h3-8,11-12H,9-10,13H2,1-2H3,(H,20,22). The maximum absolute atomic E-state index is 11.7. The number of benzene rings is 2. The predicted molar refractivity (Wildman–Crippen MR) is 91.6 cm³/mol. The molecule has 0 saturated heterocycles.